The number of halogens is 1. The van der Waals surface area contributed by atoms with E-state index in [-0.39, 0.29) is 11.3 Å². The Balaban J connectivity index is 1.84. The lowest BCUT2D eigenvalue weighted by atomic mass is 9.74. The second kappa shape index (κ2) is 5.67. The zero-order valence-corrected chi connectivity index (χ0v) is 13.8. The van der Waals surface area contributed by atoms with Crippen LogP contribution >= 0.6 is 11.6 Å². The van der Waals surface area contributed by atoms with E-state index in [4.69, 9.17) is 11.6 Å². The van der Waals surface area contributed by atoms with Gasteiger partial charge in [0.15, 0.2) is 0 Å². The van der Waals surface area contributed by atoms with Crippen LogP contribution < -0.4 is 0 Å². The van der Waals surface area contributed by atoms with Crippen LogP contribution in [-0.2, 0) is 13.0 Å². The van der Waals surface area contributed by atoms with Crippen molar-refractivity contribution in [2.45, 2.75) is 45.3 Å². The number of aromatic nitrogens is 3. The minimum Gasteiger partial charge on any atom is -0.389 e. The average Bonchev–Trinajstić information content (AvgIpc) is 3.05. The number of rotatable bonds is 4. The fourth-order valence-electron chi connectivity index (χ4n) is 3.71. The van der Waals surface area contributed by atoms with Crippen molar-refractivity contribution in [1.29, 1.82) is 0 Å². The van der Waals surface area contributed by atoms with E-state index in [0.29, 0.717) is 13.0 Å². The third-order valence-corrected chi connectivity index (χ3v) is 5.31. The first kappa shape index (κ1) is 15.5. The molecule has 118 valence electrons. The number of benzene rings is 1. The predicted octanol–water partition coefficient (Wildman–Crippen LogP) is 3.34. The molecule has 0 unspecified atom stereocenters. The molecule has 0 spiro atoms. The summed E-state index contributed by atoms with van der Waals surface area (Å²) in [4.78, 5) is 4.01. The van der Waals surface area contributed by atoms with Gasteiger partial charge in [-0.2, -0.15) is 5.10 Å². The van der Waals surface area contributed by atoms with E-state index in [1.807, 2.05) is 28.9 Å². The third kappa shape index (κ3) is 3.03. The molecule has 2 aromatic rings. The molecule has 1 saturated carbocycles. The first-order valence-corrected chi connectivity index (χ1v) is 8.06. The Bertz CT molecular complexity index is 624. The van der Waals surface area contributed by atoms with Crippen molar-refractivity contribution >= 4 is 11.6 Å². The fourth-order valence-corrected chi connectivity index (χ4v) is 3.84. The average molecular weight is 320 g/mol. The van der Waals surface area contributed by atoms with E-state index >= 15 is 0 Å². The molecule has 0 amide bonds. The Morgan fingerprint density at radius 2 is 2.00 bits per heavy atom. The minimum atomic E-state index is -0.719. The zero-order valence-electron chi connectivity index (χ0n) is 13.0. The third-order valence-electron chi connectivity index (χ3n) is 5.05. The highest BCUT2D eigenvalue weighted by atomic mass is 35.5. The largest absolute Gasteiger partial charge is 0.389 e. The molecule has 22 heavy (non-hydrogen) atoms. The van der Waals surface area contributed by atoms with E-state index < -0.39 is 5.60 Å². The summed E-state index contributed by atoms with van der Waals surface area (Å²) >= 11 is 5.95. The van der Waals surface area contributed by atoms with Gasteiger partial charge in [0.2, 0.25) is 0 Å². The van der Waals surface area contributed by atoms with Gasteiger partial charge in [0.05, 0.1) is 5.60 Å². The van der Waals surface area contributed by atoms with Crippen molar-refractivity contribution in [2.75, 3.05) is 0 Å². The molecule has 3 rings (SSSR count). The maximum atomic E-state index is 11.3. The predicted molar refractivity (Wildman–Crippen MR) is 86.6 cm³/mol. The van der Waals surface area contributed by atoms with Crippen LogP contribution in [-0.4, -0.2) is 25.5 Å². The van der Waals surface area contributed by atoms with E-state index in [9.17, 15) is 5.11 Å². The highest BCUT2D eigenvalue weighted by Crippen LogP contribution is 2.50. The Morgan fingerprint density at radius 1 is 1.27 bits per heavy atom. The molecule has 1 N–H and O–H groups in total. The van der Waals surface area contributed by atoms with Gasteiger partial charge in [-0.3, -0.25) is 4.68 Å². The van der Waals surface area contributed by atoms with Crippen molar-refractivity contribution in [3.05, 3.63) is 47.5 Å². The van der Waals surface area contributed by atoms with E-state index in [1.165, 1.54) is 0 Å². The van der Waals surface area contributed by atoms with Crippen LogP contribution in [0.5, 0.6) is 0 Å². The maximum absolute atomic E-state index is 11.3. The molecule has 2 atom stereocenters. The molecular formula is C17H22ClN3O. The molecule has 1 heterocycles. The molecule has 0 bridgehead atoms. The topological polar surface area (TPSA) is 50.9 Å². The molecular weight excluding hydrogens is 298 g/mol. The van der Waals surface area contributed by atoms with Crippen LogP contribution in [0.4, 0.5) is 0 Å². The first-order chi connectivity index (χ1) is 10.4. The van der Waals surface area contributed by atoms with Crippen LogP contribution in [0.25, 0.3) is 0 Å². The molecule has 1 fully saturated rings. The first-order valence-electron chi connectivity index (χ1n) is 7.68. The van der Waals surface area contributed by atoms with Crippen LogP contribution in [0.1, 0.15) is 32.3 Å². The Morgan fingerprint density at radius 3 is 2.64 bits per heavy atom. The van der Waals surface area contributed by atoms with Crippen molar-refractivity contribution in [2.24, 2.45) is 11.3 Å². The Kier molecular flexibility index (Phi) is 4.00. The lowest BCUT2D eigenvalue weighted by Gasteiger charge is -2.36. The lowest BCUT2D eigenvalue weighted by Crippen LogP contribution is -2.42. The molecule has 5 heteroatoms. The summed E-state index contributed by atoms with van der Waals surface area (Å²) in [7, 11) is 0. The molecule has 1 aliphatic rings. The number of hydrogen-bond acceptors (Lipinski definition) is 3. The molecule has 0 aliphatic heterocycles. The summed E-state index contributed by atoms with van der Waals surface area (Å²) in [6.07, 6.45) is 5.72. The molecule has 1 aromatic heterocycles. The summed E-state index contributed by atoms with van der Waals surface area (Å²) in [6.45, 7) is 5.15. The molecule has 1 aromatic carbocycles. The summed E-state index contributed by atoms with van der Waals surface area (Å²) < 4.78 is 1.82. The number of hydrogen-bond donors (Lipinski definition) is 1. The second-order valence-electron chi connectivity index (χ2n) is 7.07. The van der Waals surface area contributed by atoms with Gasteiger partial charge in [-0.1, -0.05) is 37.6 Å². The summed E-state index contributed by atoms with van der Waals surface area (Å²) in [5, 5.41) is 16.2. The van der Waals surface area contributed by atoms with Gasteiger partial charge in [0.1, 0.15) is 12.7 Å². The van der Waals surface area contributed by atoms with Gasteiger partial charge in [0.25, 0.3) is 0 Å². The van der Waals surface area contributed by atoms with Crippen LogP contribution in [0.15, 0.2) is 36.9 Å². The lowest BCUT2D eigenvalue weighted by molar-refractivity contribution is -0.0297. The van der Waals surface area contributed by atoms with E-state index in [2.05, 4.69) is 23.9 Å². The van der Waals surface area contributed by atoms with Crippen molar-refractivity contribution in [3.8, 4) is 0 Å². The molecule has 0 radical (unpaired) electrons. The van der Waals surface area contributed by atoms with Crippen molar-refractivity contribution < 1.29 is 5.11 Å². The SMILES string of the molecule is CC1(C)CC[C@](O)(Cc2ccc(Cl)cc2)[C@H]1Cn1cncn1. The van der Waals surface area contributed by atoms with Gasteiger partial charge in [-0.15, -0.1) is 0 Å². The van der Waals surface area contributed by atoms with Crippen molar-refractivity contribution in [1.82, 2.24) is 14.8 Å². The van der Waals surface area contributed by atoms with Gasteiger partial charge in [0, 0.05) is 23.9 Å². The van der Waals surface area contributed by atoms with Crippen LogP contribution in [0, 0.1) is 11.3 Å². The normalized spacial score (nSPS) is 27.2. The van der Waals surface area contributed by atoms with E-state index in [0.717, 1.165) is 23.4 Å². The minimum absolute atomic E-state index is 0.0765. The summed E-state index contributed by atoms with van der Waals surface area (Å²) in [6, 6.07) is 7.76. The second-order valence-corrected chi connectivity index (χ2v) is 7.50. The fraction of sp³-hybridized carbons (Fsp3) is 0.529. The van der Waals surface area contributed by atoms with Gasteiger partial charge >= 0.3 is 0 Å². The van der Waals surface area contributed by atoms with Gasteiger partial charge in [-0.05, 0) is 36.0 Å². The molecule has 1 aliphatic carbocycles. The van der Waals surface area contributed by atoms with Crippen LogP contribution in [0.2, 0.25) is 5.02 Å². The Hall–Kier alpha value is -1.39. The highest BCUT2D eigenvalue weighted by Gasteiger charge is 2.51. The standard InChI is InChI=1S/C17H22ClN3O/c1-16(2)7-8-17(22,9-13-3-5-14(18)6-4-13)15(16)10-21-12-19-11-20-21/h3-6,11-12,15,22H,7-10H2,1-2H3/t15-,17-/m0/s1. The van der Waals surface area contributed by atoms with Gasteiger partial charge in [-0.25, -0.2) is 4.98 Å². The molecule has 4 nitrogen and oxygen atoms in total. The smallest absolute Gasteiger partial charge is 0.137 e. The molecule has 0 saturated heterocycles. The van der Waals surface area contributed by atoms with Crippen LogP contribution in [0.3, 0.4) is 0 Å². The van der Waals surface area contributed by atoms with Gasteiger partial charge < -0.3 is 5.11 Å². The highest BCUT2D eigenvalue weighted by molar-refractivity contribution is 6.30. The zero-order chi connectivity index (χ0) is 15.8. The van der Waals surface area contributed by atoms with Crippen molar-refractivity contribution in [3.63, 3.8) is 0 Å². The number of nitrogens with zero attached hydrogens (tertiary/aromatic N) is 3. The maximum Gasteiger partial charge on any atom is 0.137 e. The summed E-state index contributed by atoms with van der Waals surface area (Å²) in [5.41, 5.74) is 0.476. The Labute approximate surface area is 136 Å². The summed E-state index contributed by atoms with van der Waals surface area (Å²) in [5.74, 6) is 0.136. The monoisotopic (exact) mass is 319 g/mol. The quantitative estimate of drug-likeness (QED) is 0.940. The number of aliphatic hydroxyl groups is 1. The van der Waals surface area contributed by atoms with E-state index in [1.54, 1.807) is 12.7 Å².